The molecule has 0 aromatic rings. The van der Waals surface area contributed by atoms with E-state index in [1.165, 1.54) is 12.2 Å². The molecule has 0 amide bonds. The van der Waals surface area contributed by atoms with E-state index in [4.69, 9.17) is 9.16 Å². The molecule has 0 bridgehead atoms. The molecule has 0 saturated carbocycles. The predicted molar refractivity (Wildman–Crippen MR) is 73.5 cm³/mol. The molecule has 1 aliphatic carbocycles. The van der Waals surface area contributed by atoms with Gasteiger partial charge in [-0.2, -0.15) is 0 Å². The molecule has 2 aliphatic rings. The summed E-state index contributed by atoms with van der Waals surface area (Å²) in [7, 11) is -1.63. The lowest BCUT2D eigenvalue weighted by Crippen LogP contribution is -2.45. The average Bonchev–Trinajstić information content (AvgIpc) is 2.14. The van der Waals surface area contributed by atoms with Crippen molar-refractivity contribution in [1.82, 2.24) is 0 Å². The zero-order valence-electron chi connectivity index (χ0n) is 11.9. The first-order valence-electron chi connectivity index (χ1n) is 6.70. The van der Waals surface area contributed by atoms with Crippen molar-refractivity contribution in [2.45, 2.75) is 58.2 Å². The van der Waals surface area contributed by atoms with Crippen LogP contribution >= 0.6 is 0 Å². The van der Waals surface area contributed by atoms with E-state index < -0.39 is 8.32 Å². The lowest BCUT2D eigenvalue weighted by molar-refractivity contribution is -0.119. The third-order valence-electron chi connectivity index (χ3n) is 4.67. The standard InChI is InChI=1S/C14H26O2Si/c1-13(2,3)17(4,5)16-12-6-8-14(9-7-12)10-15-11-14/h6H,7-11H2,1-5H3. The Kier molecular flexibility index (Phi) is 3.19. The first-order valence-corrected chi connectivity index (χ1v) is 9.61. The van der Waals surface area contributed by atoms with Crippen LogP contribution in [-0.2, 0) is 9.16 Å². The molecule has 1 spiro atoms. The number of hydrogen-bond donors (Lipinski definition) is 0. The number of ether oxygens (including phenoxy) is 1. The van der Waals surface area contributed by atoms with Crippen LogP contribution in [-0.4, -0.2) is 21.5 Å². The fourth-order valence-corrected chi connectivity index (χ4v) is 3.30. The topological polar surface area (TPSA) is 18.5 Å². The molecule has 0 N–H and O–H groups in total. The molecule has 0 radical (unpaired) electrons. The zero-order chi connectivity index (χ0) is 12.7. The second-order valence-electron chi connectivity index (χ2n) is 7.23. The van der Waals surface area contributed by atoms with Gasteiger partial charge in [0.1, 0.15) is 0 Å². The van der Waals surface area contributed by atoms with Crippen molar-refractivity contribution < 1.29 is 9.16 Å². The minimum Gasteiger partial charge on any atom is -0.547 e. The first kappa shape index (κ1) is 13.2. The third-order valence-corrected chi connectivity index (χ3v) is 9.06. The summed E-state index contributed by atoms with van der Waals surface area (Å²) in [4.78, 5) is 0. The van der Waals surface area contributed by atoms with Gasteiger partial charge < -0.3 is 9.16 Å². The second-order valence-corrected chi connectivity index (χ2v) is 12.0. The van der Waals surface area contributed by atoms with Gasteiger partial charge >= 0.3 is 0 Å². The summed E-state index contributed by atoms with van der Waals surface area (Å²) in [5.74, 6) is 1.24. The van der Waals surface area contributed by atoms with Gasteiger partial charge in [0.25, 0.3) is 0 Å². The van der Waals surface area contributed by atoms with Crippen LogP contribution in [0.1, 0.15) is 40.0 Å². The minimum absolute atomic E-state index is 0.294. The van der Waals surface area contributed by atoms with E-state index in [1.807, 2.05) is 0 Å². The maximum atomic E-state index is 6.36. The quantitative estimate of drug-likeness (QED) is 0.691. The lowest BCUT2D eigenvalue weighted by Gasteiger charge is -2.45. The van der Waals surface area contributed by atoms with Crippen molar-refractivity contribution in [3.05, 3.63) is 11.8 Å². The summed E-state index contributed by atoms with van der Waals surface area (Å²) in [6.45, 7) is 13.4. The van der Waals surface area contributed by atoms with E-state index in [-0.39, 0.29) is 0 Å². The monoisotopic (exact) mass is 254 g/mol. The molecule has 2 nitrogen and oxygen atoms in total. The van der Waals surface area contributed by atoms with Gasteiger partial charge in [-0.15, -0.1) is 0 Å². The molecule has 0 unspecified atom stereocenters. The van der Waals surface area contributed by atoms with Crippen LogP contribution in [0.2, 0.25) is 18.1 Å². The van der Waals surface area contributed by atoms with Gasteiger partial charge in [-0.05, 0) is 37.0 Å². The van der Waals surface area contributed by atoms with Crippen molar-refractivity contribution in [2.75, 3.05) is 13.2 Å². The summed E-state index contributed by atoms with van der Waals surface area (Å²) in [5.41, 5.74) is 0.473. The normalized spacial score (nSPS) is 24.2. The van der Waals surface area contributed by atoms with E-state index in [9.17, 15) is 0 Å². The summed E-state index contributed by atoms with van der Waals surface area (Å²) >= 11 is 0. The fourth-order valence-electron chi connectivity index (χ4n) is 2.15. The Balaban J connectivity index is 1.97. The smallest absolute Gasteiger partial charge is 0.250 e. The highest BCUT2D eigenvalue weighted by atomic mass is 28.4. The van der Waals surface area contributed by atoms with E-state index in [0.29, 0.717) is 10.5 Å². The van der Waals surface area contributed by atoms with E-state index >= 15 is 0 Å². The van der Waals surface area contributed by atoms with Gasteiger partial charge in [0.15, 0.2) is 0 Å². The van der Waals surface area contributed by atoms with Gasteiger partial charge in [0.05, 0.1) is 19.0 Å². The van der Waals surface area contributed by atoms with Gasteiger partial charge in [0.2, 0.25) is 8.32 Å². The molecule has 1 aliphatic heterocycles. The van der Waals surface area contributed by atoms with E-state index in [1.54, 1.807) is 0 Å². The molecule has 3 heteroatoms. The summed E-state index contributed by atoms with van der Waals surface area (Å²) in [6.07, 6.45) is 5.83. The third kappa shape index (κ3) is 2.60. The minimum atomic E-state index is -1.63. The molecule has 1 saturated heterocycles. The molecular weight excluding hydrogens is 228 g/mol. The Labute approximate surface area is 107 Å². The largest absolute Gasteiger partial charge is 0.547 e. The van der Waals surface area contributed by atoms with E-state index in [0.717, 1.165) is 26.1 Å². The van der Waals surface area contributed by atoms with Gasteiger partial charge in [-0.1, -0.05) is 20.8 Å². The second kappa shape index (κ2) is 4.13. The Bertz CT molecular complexity index is 322. The molecule has 98 valence electrons. The summed E-state index contributed by atoms with van der Waals surface area (Å²) < 4.78 is 11.7. The maximum Gasteiger partial charge on any atom is 0.250 e. The van der Waals surface area contributed by atoms with Crippen LogP contribution in [0.15, 0.2) is 11.8 Å². The molecule has 17 heavy (non-hydrogen) atoms. The fraction of sp³-hybridized carbons (Fsp3) is 0.857. The molecule has 2 rings (SSSR count). The average molecular weight is 254 g/mol. The molecular formula is C14H26O2Si. The highest BCUT2D eigenvalue weighted by molar-refractivity contribution is 6.74. The predicted octanol–water partition coefficient (Wildman–Crippen LogP) is 4.09. The van der Waals surface area contributed by atoms with Crippen LogP contribution in [0.25, 0.3) is 0 Å². The number of rotatable bonds is 2. The van der Waals surface area contributed by atoms with Crippen molar-refractivity contribution >= 4 is 8.32 Å². The summed E-state index contributed by atoms with van der Waals surface area (Å²) in [6, 6.07) is 0. The molecule has 0 atom stereocenters. The van der Waals surface area contributed by atoms with Gasteiger partial charge in [0, 0.05) is 11.8 Å². The van der Waals surface area contributed by atoms with Crippen molar-refractivity contribution in [3.8, 4) is 0 Å². The highest BCUT2D eigenvalue weighted by Gasteiger charge is 2.42. The first-order chi connectivity index (χ1) is 7.74. The van der Waals surface area contributed by atoms with Crippen LogP contribution < -0.4 is 0 Å². The van der Waals surface area contributed by atoms with Crippen LogP contribution in [0, 0.1) is 5.41 Å². The Hall–Kier alpha value is -0.283. The Morgan fingerprint density at radius 2 is 1.94 bits per heavy atom. The molecule has 0 aromatic carbocycles. The van der Waals surface area contributed by atoms with Crippen molar-refractivity contribution in [1.29, 1.82) is 0 Å². The highest BCUT2D eigenvalue weighted by Crippen LogP contribution is 2.44. The molecule has 1 heterocycles. The molecule has 1 fully saturated rings. The SMILES string of the molecule is CC(C)(C)[Si](C)(C)OC1=CCC2(CC1)COC2. The molecule has 0 aromatic heterocycles. The maximum absolute atomic E-state index is 6.36. The van der Waals surface area contributed by atoms with Crippen molar-refractivity contribution in [3.63, 3.8) is 0 Å². The number of allylic oxidation sites excluding steroid dienone is 2. The Morgan fingerprint density at radius 3 is 2.29 bits per heavy atom. The van der Waals surface area contributed by atoms with Crippen LogP contribution in [0.5, 0.6) is 0 Å². The lowest BCUT2D eigenvalue weighted by atomic mass is 9.75. The zero-order valence-corrected chi connectivity index (χ0v) is 12.9. The Morgan fingerprint density at radius 1 is 1.29 bits per heavy atom. The van der Waals surface area contributed by atoms with Gasteiger partial charge in [-0.3, -0.25) is 0 Å². The van der Waals surface area contributed by atoms with Crippen LogP contribution in [0.3, 0.4) is 0 Å². The number of hydrogen-bond acceptors (Lipinski definition) is 2. The van der Waals surface area contributed by atoms with E-state index in [2.05, 4.69) is 39.9 Å². The van der Waals surface area contributed by atoms with Crippen LogP contribution in [0.4, 0.5) is 0 Å². The summed E-state index contributed by atoms with van der Waals surface area (Å²) in [5, 5.41) is 0.294. The van der Waals surface area contributed by atoms with Gasteiger partial charge in [-0.25, -0.2) is 0 Å². The van der Waals surface area contributed by atoms with Crippen molar-refractivity contribution in [2.24, 2.45) is 5.41 Å².